The molecule has 146 valence electrons. The molecule has 0 aliphatic rings. The predicted molar refractivity (Wildman–Crippen MR) is 122 cm³/mol. The van der Waals surface area contributed by atoms with Gasteiger partial charge in [0.15, 0.2) is 5.96 Å². The summed E-state index contributed by atoms with van der Waals surface area (Å²) in [6.07, 6.45) is 1.74. The molecule has 2 aromatic rings. The summed E-state index contributed by atoms with van der Waals surface area (Å²) in [5.74, 6) is 2.44. The minimum absolute atomic E-state index is 0. The molecule has 0 saturated carbocycles. The Hall–Kier alpha value is -2.22. The van der Waals surface area contributed by atoms with Gasteiger partial charge >= 0.3 is 0 Å². The molecule has 0 atom stereocenters. The van der Waals surface area contributed by atoms with Gasteiger partial charge in [-0.25, -0.2) is 4.99 Å². The molecule has 0 aromatic heterocycles. The van der Waals surface area contributed by atoms with Crippen LogP contribution in [0.3, 0.4) is 0 Å². The number of nitrogens with zero attached hydrogens (tertiary/aromatic N) is 1. The van der Waals surface area contributed by atoms with Crippen LogP contribution >= 0.6 is 24.0 Å². The lowest BCUT2D eigenvalue weighted by Gasteiger charge is -2.14. The minimum Gasteiger partial charge on any atom is -0.496 e. The summed E-state index contributed by atoms with van der Waals surface area (Å²) in [5, 5.41) is 6.62. The molecule has 0 radical (unpaired) electrons. The van der Waals surface area contributed by atoms with Crippen molar-refractivity contribution in [1.82, 2.24) is 10.6 Å². The molecule has 0 amide bonds. The van der Waals surface area contributed by atoms with Crippen LogP contribution < -0.4 is 20.1 Å². The van der Waals surface area contributed by atoms with E-state index in [1.807, 2.05) is 55.5 Å². The molecule has 0 heterocycles. The normalized spacial score (nSPS) is 10.5. The van der Waals surface area contributed by atoms with E-state index in [4.69, 9.17) is 9.47 Å². The van der Waals surface area contributed by atoms with E-state index in [1.54, 1.807) is 13.2 Å². The maximum absolute atomic E-state index is 5.70. The van der Waals surface area contributed by atoms with Gasteiger partial charge in [-0.1, -0.05) is 49.1 Å². The van der Waals surface area contributed by atoms with Crippen LogP contribution in [0, 0.1) is 0 Å². The van der Waals surface area contributed by atoms with Crippen LogP contribution in [0.2, 0.25) is 0 Å². The van der Waals surface area contributed by atoms with Gasteiger partial charge in [0, 0.05) is 24.2 Å². The first-order valence-corrected chi connectivity index (χ1v) is 8.74. The van der Waals surface area contributed by atoms with E-state index in [2.05, 4.69) is 22.2 Å². The molecule has 2 aromatic carbocycles. The number of halogens is 1. The second kappa shape index (κ2) is 13.0. The van der Waals surface area contributed by atoms with Crippen molar-refractivity contribution in [2.24, 2.45) is 4.99 Å². The van der Waals surface area contributed by atoms with E-state index in [-0.39, 0.29) is 24.0 Å². The first-order chi connectivity index (χ1) is 12.8. The van der Waals surface area contributed by atoms with Crippen molar-refractivity contribution in [3.63, 3.8) is 0 Å². The molecule has 6 heteroatoms. The van der Waals surface area contributed by atoms with Gasteiger partial charge in [0.1, 0.15) is 18.1 Å². The third kappa shape index (κ3) is 7.50. The lowest BCUT2D eigenvalue weighted by atomic mass is 10.2. The van der Waals surface area contributed by atoms with Gasteiger partial charge < -0.3 is 20.1 Å². The molecule has 0 bridgehead atoms. The third-order valence-corrected chi connectivity index (χ3v) is 3.72. The highest BCUT2D eigenvalue weighted by atomic mass is 127. The number of aliphatic imine (C=N–C) groups is 1. The van der Waals surface area contributed by atoms with Gasteiger partial charge in [0.2, 0.25) is 0 Å². The SMILES string of the molecule is C=CCOc1ccccc1CNC(=NCc1ccccc1OC)NCC.I. The van der Waals surface area contributed by atoms with Gasteiger partial charge in [-0.2, -0.15) is 0 Å². The average molecular weight is 481 g/mol. The molecule has 0 aliphatic heterocycles. The maximum atomic E-state index is 5.70. The summed E-state index contributed by atoms with van der Waals surface area (Å²) in [6, 6.07) is 15.9. The number of hydrogen-bond donors (Lipinski definition) is 2. The van der Waals surface area contributed by atoms with Crippen molar-refractivity contribution in [2.45, 2.75) is 20.0 Å². The van der Waals surface area contributed by atoms with Gasteiger partial charge in [-0.05, 0) is 19.1 Å². The summed E-state index contributed by atoms with van der Waals surface area (Å²) in [7, 11) is 1.67. The van der Waals surface area contributed by atoms with E-state index >= 15 is 0 Å². The Bertz CT molecular complexity index is 735. The van der Waals surface area contributed by atoms with E-state index < -0.39 is 0 Å². The van der Waals surface area contributed by atoms with E-state index in [1.165, 1.54) is 0 Å². The van der Waals surface area contributed by atoms with Crippen molar-refractivity contribution in [3.05, 3.63) is 72.3 Å². The van der Waals surface area contributed by atoms with Gasteiger partial charge in [-0.3, -0.25) is 0 Å². The van der Waals surface area contributed by atoms with Crippen LogP contribution in [0.4, 0.5) is 0 Å². The maximum Gasteiger partial charge on any atom is 0.191 e. The largest absolute Gasteiger partial charge is 0.496 e. The van der Waals surface area contributed by atoms with Crippen LogP contribution in [-0.4, -0.2) is 26.2 Å². The highest BCUT2D eigenvalue weighted by molar-refractivity contribution is 14.0. The zero-order valence-corrected chi connectivity index (χ0v) is 18.2. The molecule has 0 aliphatic carbocycles. The Balaban J connectivity index is 0.00000364. The summed E-state index contributed by atoms with van der Waals surface area (Å²) < 4.78 is 11.1. The summed E-state index contributed by atoms with van der Waals surface area (Å²) in [5.41, 5.74) is 2.11. The fourth-order valence-electron chi connectivity index (χ4n) is 2.46. The molecule has 2 N–H and O–H groups in total. The third-order valence-electron chi connectivity index (χ3n) is 3.72. The summed E-state index contributed by atoms with van der Waals surface area (Å²) in [4.78, 5) is 4.66. The lowest BCUT2D eigenvalue weighted by Crippen LogP contribution is -2.36. The van der Waals surface area contributed by atoms with Gasteiger partial charge in [0.05, 0.1) is 13.7 Å². The number of methoxy groups -OCH3 is 1. The molecule has 2 rings (SSSR count). The molecular formula is C21H28IN3O2. The Morgan fingerprint density at radius 2 is 1.70 bits per heavy atom. The number of hydrogen-bond acceptors (Lipinski definition) is 3. The Morgan fingerprint density at radius 3 is 2.37 bits per heavy atom. The zero-order valence-electron chi connectivity index (χ0n) is 15.9. The molecule has 0 saturated heterocycles. The molecule has 0 spiro atoms. The Kier molecular flexibility index (Phi) is 11.0. The number of ether oxygens (including phenoxy) is 2. The zero-order chi connectivity index (χ0) is 18.6. The minimum atomic E-state index is 0. The molecule has 5 nitrogen and oxygen atoms in total. The van der Waals surface area contributed by atoms with Crippen LogP contribution in [-0.2, 0) is 13.1 Å². The number of nitrogens with one attached hydrogen (secondary N) is 2. The topological polar surface area (TPSA) is 54.9 Å². The second-order valence-electron chi connectivity index (χ2n) is 5.57. The average Bonchev–Trinajstić information content (AvgIpc) is 2.69. The van der Waals surface area contributed by atoms with Crippen LogP contribution in [0.5, 0.6) is 11.5 Å². The second-order valence-corrected chi connectivity index (χ2v) is 5.57. The van der Waals surface area contributed by atoms with E-state index in [0.717, 1.165) is 35.1 Å². The summed E-state index contributed by atoms with van der Waals surface area (Å²) >= 11 is 0. The van der Waals surface area contributed by atoms with Crippen LogP contribution in [0.15, 0.2) is 66.2 Å². The van der Waals surface area contributed by atoms with Crippen molar-refractivity contribution in [1.29, 1.82) is 0 Å². The van der Waals surface area contributed by atoms with Gasteiger partial charge in [0.25, 0.3) is 0 Å². The molecule has 0 fully saturated rings. The Labute approximate surface area is 178 Å². The quantitative estimate of drug-likeness (QED) is 0.245. The van der Waals surface area contributed by atoms with Crippen LogP contribution in [0.1, 0.15) is 18.1 Å². The monoisotopic (exact) mass is 481 g/mol. The number of para-hydroxylation sites is 2. The highest BCUT2D eigenvalue weighted by Crippen LogP contribution is 2.19. The Morgan fingerprint density at radius 1 is 1.04 bits per heavy atom. The number of guanidine groups is 1. The summed E-state index contributed by atoms with van der Waals surface area (Å²) in [6.45, 7) is 8.16. The number of rotatable bonds is 9. The van der Waals surface area contributed by atoms with Crippen molar-refractivity contribution < 1.29 is 9.47 Å². The van der Waals surface area contributed by atoms with Crippen molar-refractivity contribution in [3.8, 4) is 11.5 Å². The van der Waals surface area contributed by atoms with E-state index in [9.17, 15) is 0 Å². The fraction of sp³-hybridized carbons (Fsp3) is 0.286. The number of benzene rings is 2. The fourth-order valence-corrected chi connectivity index (χ4v) is 2.46. The predicted octanol–water partition coefficient (Wildman–Crippen LogP) is 4.13. The molecule has 27 heavy (non-hydrogen) atoms. The van der Waals surface area contributed by atoms with Crippen molar-refractivity contribution in [2.75, 3.05) is 20.3 Å². The van der Waals surface area contributed by atoms with Crippen LogP contribution in [0.25, 0.3) is 0 Å². The van der Waals surface area contributed by atoms with E-state index in [0.29, 0.717) is 19.7 Å². The molecule has 0 unspecified atom stereocenters. The first-order valence-electron chi connectivity index (χ1n) is 8.74. The van der Waals surface area contributed by atoms with Crippen molar-refractivity contribution >= 4 is 29.9 Å². The molecular weight excluding hydrogens is 453 g/mol. The lowest BCUT2D eigenvalue weighted by molar-refractivity contribution is 0.358. The first kappa shape index (κ1) is 22.8. The smallest absolute Gasteiger partial charge is 0.191 e. The standard InChI is InChI=1S/C21H27N3O2.HI/c1-4-14-26-20-13-9-7-11-18(20)16-24-21(22-5-2)23-15-17-10-6-8-12-19(17)25-3;/h4,6-13H,1,5,14-16H2,2-3H3,(H2,22,23,24);1H. The highest BCUT2D eigenvalue weighted by Gasteiger charge is 2.05. The van der Waals surface area contributed by atoms with Gasteiger partial charge in [-0.15, -0.1) is 24.0 Å².